The van der Waals surface area contributed by atoms with Crippen LogP contribution in [0.25, 0.3) is 0 Å². The van der Waals surface area contributed by atoms with Gasteiger partial charge in [-0.05, 0) is 60.6 Å². The number of halogens is 1. The predicted octanol–water partition coefficient (Wildman–Crippen LogP) is 4.21. The smallest absolute Gasteiger partial charge is 0.230 e. The molecule has 0 saturated heterocycles. The van der Waals surface area contributed by atoms with Crippen LogP contribution in [0.1, 0.15) is 12.0 Å². The molecule has 2 aromatic rings. The van der Waals surface area contributed by atoms with E-state index in [-0.39, 0.29) is 5.91 Å². The molecule has 26 heavy (non-hydrogen) atoms. The quantitative estimate of drug-likeness (QED) is 0.581. The van der Waals surface area contributed by atoms with Crippen molar-refractivity contribution >= 4 is 29.3 Å². The maximum Gasteiger partial charge on any atom is 0.230 e. The predicted molar refractivity (Wildman–Crippen MR) is 109 cm³/mol. The number of hydrogen-bond donors (Lipinski definition) is 1. The Morgan fingerprint density at radius 1 is 1.08 bits per heavy atom. The van der Waals surface area contributed by atoms with Crippen molar-refractivity contribution in [1.29, 1.82) is 0 Å². The van der Waals surface area contributed by atoms with Crippen molar-refractivity contribution in [3.63, 3.8) is 0 Å². The first-order valence-electron chi connectivity index (χ1n) is 8.53. The summed E-state index contributed by atoms with van der Waals surface area (Å²) in [5.41, 5.74) is 1.18. The Morgan fingerprint density at radius 2 is 1.77 bits per heavy atom. The van der Waals surface area contributed by atoms with E-state index in [2.05, 4.69) is 5.32 Å². The molecule has 0 atom stereocenters. The number of carbonyl (C=O) groups excluding carboxylic acids is 1. The summed E-state index contributed by atoms with van der Waals surface area (Å²) in [5, 5.41) is 3.65. The summed E-state index contributed by atoms with van der Waals surface area (Å²) in [6.45, 7) is 1.28. The maximum atomic E-state index is 11.8. The Kier molecular flexibility index (Phi) is 9.21. The van der Waals surface area contributed by atoms with E-state index in [1.54, 1.807) is 18.9 Å². The van der Waals surface area contributed by atoms with Gasteiger partial charge in [0.25, 0.3) is 0 Å². The molecule has 0 aliphatic rings. The highest BCUT2D eigenvalue weighted by molar-refractivity contribution is 7.99. The molecule has 0 aromatic heterocycles. The molecule has 0 unspecified atom stereocenters. The van der Waals surface area contributed by atoms with Crippen LogP contribution in [0.2, 0.25) is 5.02 Å². The van der Waals surface area contributed by atoms with Gasteiger partial charge in [0.15, 0.2) is 0 Å². The summed E-state index contributed by atoms with van der Waals surface area (Å²) in [7, 11) is 1.65. The lowest BCUT2D eigenvalue weighted by atomic mass is 10.1. The lowest BCUT2D eigenvalue weighted by molar-refractivity contribution is -0.118. The number of thioether (sulfide) groups is 1. The number of carbonyl (C=O) groups is 1. The fraction of sp³-hybridized carbons (Fsp3) is 0.350. The molecule has 1 amide bonds. The van der Waals surface area contributed by atoms with Gasteiger partial charge in [-0.1, -0.05) is 23.7 Å². The van der Waals surface area contributed by atoms with Gasteiger partial charge >= 0.3 is 0 Å². The topological polar surface area (TPSA) is 47.6 Å². The molecular formula is C20H24ClNO3S. The second-order valence-electron chi connectivity index (χ2n) is 5.66. The van der Waals surface area contributed by atoms with Gasteiger partial charge in [-0.25, -0.2) is 0 Å². The van der Waals surface area contributed by atoms with Gasteiger partial charge in [-0.3, -0.25) is 4.79 Å². The third kappa shape index (κ3) is 8.02. The van der Waals surface area contributed by atoms with Crippen LogP contribution >= 0.6 is 23.4 Å². The van der Waals surface area contributed by atoms with Crippen molar-refractivity contribution in [3.05, 3.63) is 59.1 Å². The number of hydrogen-bond acceptors (Lipinski definition) is 4. The zero-order valence-corrected chi connectivity index (χ0v) is 16.4. The standard InChI is InChI=1S/C20H24ClNO3S/c1-24-18-7-3-16(4-8-18)11-12-22-20(23)15-26-14-2-13-25-19-9-5-17(21)6-10-19/h3-10H,2,11-15H2,1H3,(H,22,23). The fourth-order valence-electron chi connectivity index (χ4n) is 2.24. The van der Waals surface area contributed by atoms with Gasteiger partial charge in [0.2, 0.25) is 5.91 Å². The van der Waals surface area contributed by atoms with E-state index < -0.39 is 0 Å². The van der Waals surface area contributed by atoms with E-state index in [9.17, 15) is 4.79 Å². The lowest BCUT2D eigenvalue weighted by Crippen LogP contribution is -2.27. The Labute approximate surface area is 164 Å². The van der Waals surface area contributed by atoms with Crippen molar-refractivity contribution in [1.82, 2.24) is 5.32 Å². The molecule has 0 aliphatic carbocycles. The summed E-state index contributed by atoms with van der Waals surface area (Å²) < 4.78 is 10.7. The molecule has 140 valence electrons. The van der Waals surface area contributed by atoms with Crippen LogP contribution in [0.4, 0.5) is 0 Å². The van der Waals surface area contributed by atoms with Crippen LogP contribution in [-0.4, -0.2) is 37.7 Å². The second-order valence-corrected chi connectivity index (χ2v) is 7.20. The molecule has 6 heteroatoms. The normalized spacial score (nSPS) is 10.4. The van der Waals surface area contributed by atoms with E-state index in [0.717, 1.165) is 30.1 Å². The van der Waals surface area contributed by atoms with Crippen LogP contribution in [0.3, 0.4) is 0 Å². The monoisotopic (exact) mass is 393 g/mol. The Morgan fingerprint density at radius 3 is 2.46 bits per heavy atom. The fourth-order valence-corrected chi connectivity index (χ4v) is 3.12. The van der Waals surface area contributed by atoms with Crippen molar-refractivity contribution in [2.75, 3.05) is 31.8 Å². The third-order valence-electron chi connectivity index (χ3n) is 3.64. The van der Waals surface area contributed by atoms with Crippen LogP contribution in [0.5, 0.6) is 11.5 Å². The third-order valence-corrected chi connectivity index (χ3v) is 4.94. The number of ether oxygens (including phenoxy) is 2. The SMILES string of the molecule is COc1ccc(CCNC(=O)CSCCCOc2ccc(Cl)cc2)cc1. The summed E-state index contributed by atoms with van der Waals surface area (Å²) >= 11 is 7.45. The van der Waals surface area contributed by atoms with Crippen molar-refractivity contribution in [2.45, 2.75) is 12.8 Å². The van der Waals surface area contributed by atoms with E-state index in [4.69, 9.17) is 21.1 Å². The molecule has 1 N–H and O–H groups in total. The Balaban J connectivity index is 1.48. The number of rotatable bonds is 11. The first kappa shape index (κ1) is 20.5. The summed E-state index contributed by atoms with van der Waals surface area (Å²) in [6, 6.07) is 15.2. The van der Waals surface area contributed by atoms with Gasteiger partial charge in [-0.15, -0.1) is 0 Å². The Hall–Kier alpha value is -1.85. The Bertz CT molecular complexity index is 662. The van der Waals surface area contributed by atoms with Crippen molar-refractivity contribution in [2.24, 2.45) is 0 Å². The zero-order chi connectivity index (χ0) is 18.6. The molecule has 2 rings (SSSR count). The molecule has 0 bridgehead atoms. The van der Waals surface area contributed by atoms with Gasteiger partial charge in [-0.2, -0.15) is 11.8 Å². The molecular weight excluding hydrogens is 370 g/mol. The molecule has 2 aromatic carbocycles. The van der Waals surface area contributed by atoms with Crippen LogP contribution in [0.15, 0.2) is 48.5 Å². The van der Waals surface area contributed by atoms with E-state index in [1.807, 2.05) is 48.5 Å². The second kappa shape index (κ2) is 11.7. The number of nitrogens with one attached hydrogen (secondary N) is 1. The minimum absolute atomic E-state index is 0.0714. The zero-order valence-electron chi connectivity index (χ0n) is 14.9. The van der Waals surface area contributed by atoms with Gasteiger partial charge in [0, 0.05) is 11.6 Å². The molecule has 0 radical (unpaired) electrons. The number of methoxy groups -OCH3 is 1. The number of amides is 1. The molecule has 0 heterocycles. The average molecular weight is 394 g/mol. The molecule has 4 nitrogen and oxygen atoms in total. The molecule has 0 fully saturated rings. The summed E-state index contributed by atoms with van der Waals surface area (Å²) in [5.74, 6) is 3.09. The molecule has 0 saturated carbocycles. The van der Waals surface area contributed by atoms with Crippen molar-refractivity contribution in [3.8, 4) is 11.5 Å². The highest BCUT2D eigenvalue weighted by Crippen LogP contribution is 2.16. The van der Waals surface area contributed by atoms with Gasteiger partial charge in [0.1, 0.15) is 11.5 Å². The molecule has 0 aliphatic heterocycles. The minimum atomic E-state index is 0.0714. The van der Waals surface area contributed by atoms with E-state index in [0.29, 0.717) is 23.9 Å². The van der Waals surface area contributed by atoms with Crippen LogP contribution in [-0.2, 0) is 11.2 Å². The van der Waals surface area contributed by atoms with Crippen LogP contribution in [0, 0.1) is 0 Å². The lowest BCUT2D eigenvalue weighted by Gasteiger charge is -2.07. The first-order valence-corrected chi connectivity index (χ1v) is 10.1. The highest BCUT2D eigenvalue weighted by Gasteiger charge is 2.02. The van der Waals surface area contributed by atoms with Gasteiger partial charge in [0.05, 0.1) is 19.5 Å². The average Bonchev–Trinajstić information content (AvgIpc) is 2.66. The largest absolute Gasteiger partial charge is 0.497 e. The van der Waals surface area contributed by atoms with E-state index >= 15 is 0 Å². The summed E-state index contributed by atoms with van der Waals surface area (Å²) in [4.78, 5) is 11.8. The molecule has 0 spiro atoms. The van der Waals surface area contributed by atoms with Crippen LogP contribution < -0.4 is 14.8 Å². The first-order chi connectivity index (χ1) is 12.7. The maximum absolute atomic E-state index is 11.8. The summed E-state index contributed by atoms with van der Waals surface area (Å²) in [6.07, 6.45) is 1.71. The minimum Gasteiger partial charge on any atom is -0.497 e. The highest BCUT2D eigenvalue weighted by atomic mass is 35.5. The van der Waals surface area contributed by atoms with Crippen molar-refractivity contribution < 1.29 is 14.3 Å². The number of benzene rings is 2. The van der Waals surface area contributed by atoms with E-state index in [1.165, 1.54) is 5.56 Å². The van der Waals surface area contributed by atoms with Gasteiger partial charge < -0.3 is 14.8 Å².